The maximum Gasteiger partial charge on any atom is 0.230 e. The number of amides is 1. The van der Waals surface area contributed by atoms with E-state index in [2.05, 4.69) is 32.5 Å². The van der Waals surface area contributed by atoms with Crippen molar-refractivity contribution in [2.75, 3.05) is 23.3 Å². The van der Waals surface area contributed by atoms with Gasteiger partial charge in [-0.2, -0.15) is 5.10 Å². The Morgan fingerprint density at radius 3 is 2.59 bits per heavy atom. The summed E-state index contributed by atoms with van der Waals surface area (Å²) in [7, 11) is 0. The van der Waals surface area contributed by atoms with Crippen LogP contribution in [0.2, 0.25) is 0 Å². The predicted molar refractivity (Wildman–Crippen MR) is 88.2 cm³/mol. The number of aryl methyl sites for hydroxylation is 1. The van der Waals surface area contributed by atoms with Gasteiger partial charge in [0, 0.05) is 30.2 Å². The van der Waals surface area contributed by atoms with Crippen LogP contribution >= 0.6 is 0 Å². The third-order valence-electron chi connectivity index (χ3n) is 3.97. The minimum absolute atomic E-state index is 0.0442. The maximum absolute atomic E-state index is 12.0. The van der Waals surface area contributed by atoms with Gasteiger partial charge in [-0.3, -0.25) is 9.89 Å². The van der Waals surface area contributed by atoms with Gasteiger partial charge in [0.2, 0.25) is 5.91 Å². The van der Waals surface area contributed by atoms with Crippen LogP contribution in [0.1, 0.15) is 30.7 Å². The van der Waals surface area contributed by atoms with Crippen LogP contribution in [0.5, 0.6) is 0 Å². The van der Waals surface area contributed by atoms with Gasteiger partial charge in [0.05, 0.1) is 12.1 Å². The average Bonchev–Trinajstić information content (AvgIpc) is 2.94. The summed E-state index contributed by atoms with van der Waals surface area (Å²) in [4.78, 5) is 14.4. The van der Waals surface area contributed by atoms with E-state index in [0.717, 1.165) is 30.2 Å². The molecule has 0 aliphatic carbocycles. The number of piperidine rings is 1. The molecular formula is C17H22N4O. The van der Waals surface area contributed by atoms with Crippen molar-refractivity contribution in [3.05, 3.63) is 41.7 Å². The highest BCUT2D eigenvalue weighted by atomic mass is 16.1. The molecule has 1 saturated heterocycles. The van der Waals surface area contributed by atoms with Crippen LogP contribution in [0.3, 0.4) is 0 Å². The van der Waals surface area contributed by atoms with E-state index in [4.69, 9.17) is 0 Å². The van der Waals surface area contributed by atoms with Crippen molar-refractivity contribution < 1.29 is 4.79 Å². The molecule has 2 N–H and O–H groups in total. The first-order valence-electron chi connectivity index (χ1n) is 7.86. The summed E-state index contributed by atoms with van der Waals surface area (Å²) in [6.45, 7) is 4.18. The lowest BCUT2D eigenvalue weighted by Crippen LogP contribution is -2.29. The second-order valence-corrected chi connectivity index (χ2v) is 5.86. The van der Waals surface area contributed by atoms with Crippen molar-refractivity contribution in [3.63, 3.8) is 0 Å². The lowest BCUT2D eigenvalue weighted by atomic mass is 10.1. The number of hydrogen-bond donors (Lipinski definition) is 2. The van der Waals surface area contributed by atoms with Gasteiger partial charge in [-0.05, 0) is 56.5 Å². The number of benzene rings is 1. The molecule has 0 saturated carbocycles. The molecule has 2 heterocycles. The number of nitrogens with zero attached hydrogens (tertiary/aromatic N) is 2. The largest absolute Gasteiger partial charge is 0.372 e. The second kappa shape index (κ2) is 6.64. The van der Waals surface area contributed by atoms with Gasteiger partial charge in [0.1, 0.15) is 0 Å². The Balaban J connectivity index is 1.57. The Kier molecular flexibility index (Phi) is 4.42. The fourth-order valence-electron chi connectivity index (χ4n) is 2.84. The standard InChI is InChI=1S/C17H22N4O/c1-13-11-15(20-19-13)12-17(22)18-14-5-7-16(8-6-14)21-9-3-2-4-10-21/h5-8,11H,2-4,9-10,12H2,1H3,(H,18,22)(H,19,20). The first-order chi connectivity index (χ1) is 10.7. The van der Waals surface area contributed by atoms with Crippen LogP contribution in [0.15, 0.2) is 30.3 Å². The van der Waals surface area contributed by atoms with E-state index < -0.39 is 0 Å². The van der Waals surface area contributed by atoms with Crippen LogP contribution in [0.4, 0.5) is 11.4 Å². The van der Waals surface area contributed by atoms with Gasteiger partial charge in [-0.1, -0.05) is 0 Å². The van der Waals surface area contributed by atoms with Gasteiger partial charge in [-0.15, -0.1) is 0 Å². The summed E-state index contributed by atoms with van der Waals surface area (Å²) in [5, 5.41) is 9.84. The molecular weight excluding hydrogens is 276 g/mol. The Hall–Kier alpha value is -2.30. The van der Waals surface area contributed by atoms with Gasteiger partial charge >= 0.3 is 0 Å². The van der Waals surface area contributed by atoms with E-state index in [1.165, 1.54) is 24.9 Å². The Labute approximate surface area is 130 Å². The average molecular weight is 298 g/mol. The van der Waals surface area contributed by atoms with E-state index in [1.54, 1.807) is 0 Å². The van der Waals surface area contributed by atoms with Crippen molar-refractivity contribution in [2.24, 2.45) is 0 Å². The Morgan fingerprint density at radius 1 is 1.23 bits per heavy atom. The van der Waals surface area contributed by atoms with Gasteiger partial charge in [0.25, 0.3) is 0 Å². The molecule has 22 heavy (non-hydrogen) atoms. The van der Waals surface area contributed by atoms with E-state index in [9.17, 15) is 4.79 Å². The van der Waals surface area contributed by atoms with E-state index in [1.807, 2.05) is 25.1 Å². The highest BCUT2D eigenvalue weighted by Crippen LogP contribution is 2.21. The minimum atomic E-state index is -0.0442. The third kappa shape index (κ3) is 3.67. The summed E-state index contributed by atoms with van der Waals surface area (Å²) < 4.78 is 0. The van der Waals surface area contributed by atoms with Crippen LogP contribution in [0.25, 0.3) is 0 Å². The number of carbonyl (C=O) groups is 1. The number of aromatic nitrogens is 2. The molecule has 2 aromatic rings. The van der Waals surface area contributed by atoms with Crippen molar-refractivity contribution in [1.82, 2.24) is 10.2 Å². The molecule has 0 bridgehead atoms. The third-order valence-corrected chi connectivity index (χ3v) is 3.97. The topological polar surface area (TPSA) is 61.0 Å². The van der Waals surface area contributed by atoms with E-state index in [-0.39, 0.29) is 12.3 Å². The molecule has 0 atom stereocenters. The molecule has 1 amide bonds. The molecule has 0 radical (unpaired) electrons. The lowest BCUT2D eigenvalue weighted by molar-refractivity contribution is -0.115. The van der Waals surface area contributed by atoms with Gasteiger partial charge in [-0.25, -0.2) is 0 Å². The quantitative estimate of drug-likeness (QED) is 0.912. The normalized spacial score (nSPS) is 14.9. The number of rotatable bonds is 4. The molecule has 1 fully saturated rings. The van der Waals surface area contributed by atoms with Crippen molar-refractivity contribution in [3.8, 4) is 0 Å². The zero-order valence-corrected chi connectivity index (χ0v) is 12.9. The van der Waals surface area contributed by atoms with E-state index in [0.29, 0.717) is 0 Å². The zero-order chi connectivity index (χ0) is 15.4. The highest BCUT2D eigenvalue weighted by Gasteiger charge is 2.11. The molecule has 1 aromatic carbocycles. The van der Waals surface area contributed by atoms with Crippen LogP contribution in [-0.2, 0) is 11.2 Å². The van der Waals surface area contributed by atoms with Crippen molar-refractivity contribution in [1.29, 1.82) is 0 Å². The van der Waals surface area contributed by atoms with Crippen molar-refractivity contribution >= 4 is 17.3 Å². The number of nitrogens with one attached hydrogen (secondary N) is 2. The lowest BCUT2D eigenvalue weighted by Gasteiger charge is -2.28. The van der Waals surface area contributed by atoms with Crippen molar-refractivity contribution in [2.45, 2.75) is 32.6 Å². The minimum Gasteiger partial charge on any atom is -0.372 e. The highest BCUT2D eigenvalue weighted by molar-refractivity contribution is 5.92. The summed E-state index contributed by atoms with van der Waals surface area (Å²) >= 11 is 0. The zero-order valence-electron chi connectivity index (χ0n) is 12.9. The van der Waals surface area contributed by atoms with Crippen LogP contribution in [0, 0.1) is 6.92 Å². The number of anilines is 2. The summed E-state index contributed by atoms with van der Waals surface area (Å²) in [6.07, 6.45) is 4.15. The Morgan fingerprint density at radius 2 is 1.95 bits per heavy atom. The first-order valence-corrected chi connectivity index (χ1v) is 7.86. The molecule has 5 heteroatoms. The molecule has 1 aromatic heterocycles. The maximum atomic E-state index is 12.0. The number of H-pyrrole nitrogens is 1. The molecule has 3 rings (SSSR count). The fraction of sp³-hybridized carbons (Fsp3) is 0.412. The first kappa shape index (κ1) is 14.6. The second-order valence-electron chi connectivity index (χ2n) is 5.86. The Bertz CT molecular complexity index is 626. The van der Waals surface area contributed by atoms with E-state index >= 15 is 0 Å². The molecule has 1 aliphatic rings. The number of carbonyl (C=O) groups excluding carboxylic acids is 1. The molecule has 0 spiro atoms. The molecule has 5 nitrogen and oxygen atoms in total. The predicted octanol–water partition coefficient (Wildman–Crippen LogP) is 2.89. The van der Waals surface area contributed by atoms with Crippen LogP contribution in [-0.4, -0.2) is 29.2 Å². The number of hydrogen-bond acceptors (Lipinski definition) is 3. The molecule has 0 unspecified atom stereocenters. The number of aromatic amines is 1. The summed E-state index contributed by atoms with van der Waals surface area (Å²) in [5.74, 6) is -0.0442. The van der Waals surface area contributed by atoms with Crippen LogP contribution < -0.4 is 10.2 Å². The van der Waals surface area contributed by atoms with Gasteiger partial charge in [0.15, 0.2) is 0 Å². The molecule has 1 aliphatic heterocycles. The monoisotopic (exact) mass is 298 g/mol. The van der Waals surface area contributed by atoms with Gasteiger partial charge < -0.3 is 10.2 Å². The fourth-order valence-corrected chi connectivity index (χ4v) is 2.84. The summed E-state index contributed by atoms with van der Waals surface area (Å²) in [6, 6.07) is 9.99. The molecule has 116 valence electrons. The SMILES string of the molecule is Cc1cc(CC(=O)Nc2ccc(N3CCCCC3)cc2)n[nH]1. The smallest absolute Gasteiger partial charge is 0.230 e. The summed E-state index contributed by atoms with van der Waals surface area (Å²) in [5.41, 5.74) is 3.80.